The summed E-state index contributed by atoms with van der Waals surface area (Å²) in [6, 6.07) is 0.0751. The van der Waals surface area contributed by atoms with E-state index >= 15 is 0 Å². The van der Waals surface area contributed by atoms with Crippen LogP contribution in [0.15, 0.2) is 0 Å². The molecular formula is C9H13NO4. The van der Waals surface area contributed by atoms with E-state index in [1.165, 1.54) is 0 Å². The van der Waals surface area contributed by atoms with Crippen LogP contribution in [0.1, 0.15) is 19.3 Å². The third-order valence-corrected chi connectivity index (χ3v) is 2.99. The number of amides is 1. The number of carbonyl (C=O) groups excluding carboxylic acids is 1. The molecule has 0 radical (unpaired) electrons. The maximum absolute atomic E-state index is 11.2. The molecule has 2 aliphatic rings. The zero-order valence-corrected chi connectivity index (χ0v) is 7.81. The zero-order valence-electron chi connectivity index (χ0n) is 7.81. The molecule has 0 aromatic heterocycles. The lowest BCUT2D eigenvalue weighted by molar-refractivity contribution is -0.141. The summed E-state index contributed by atoms with van der Waals surface area (Å²) in [4.78, 5) is 23.6. The van der Waals surface area contributed by atoms with Gasteiger partial charge in [0.25, 0.3) is 0 Å². The number of hydrogen-bond donors (Lipinski definition) is 1. The largest absolute Gasteiger partial charge is 0.481 e. The summed E-state index contributed by atoms with van der Waals surface area (Å²) in [5, 5.41) is 8.81. The molecule has 5 nitrogen and oxygen atoms in total. The first-order valence-corrected chi connectivity index (χ1v) is 4.84. The average molecular weight is 199 g/mol. The summed E-state index contributed by atoms with van der Waals surface area (Å²) in [6.45, 7) is 1.04. The number of cyclic esters (lactones) is 1. The van der Waals surface area contributed by atoms with Gasteiger partial charge in [0.05, 0.1) is 12.5 Å². The van der Waals surface area contributed by atoms with Crippen LogP contribution in [0.25, 0.3) is 0 Å². The van der Waals surface area contributed by atoms with Crippen LogP contribution in [0.2, 0.25) is 0 Å². The van der Waals surface area contributed by atoms with E-state index in [4.69, 9.17) is 9.84 Å². The second-order valence-electron chi connectivity index (χ2n) is 3.81. The van der Waals surface area contributed by atoms with E-state index in [9.17, 15) is 9.59 Å². The highest BCUT2D eigenvalue weighted by Gasteiger charge is 2.37. The zero-order chi connectivity index (χ0) is 10.1. The van der Waals surface area contributed by atoms with Crippen LogP contribution < -0.4 is 0 Å². The molecule has 1 saturated carbocycles. The van der Waals surface area contributed by atoms with E-state index < -0.39 is 5.97 Å². The Bertz CT molecular complexity index is 266. The number of aliphatic carboxylic acids is 1. The quantitative estimate of drug-likeness (QED) is 0.710. The monoisotopic (exact) mass is 199 g/mol. The Labute approximate surface area is 81.6 Å². The standard InChI is InChI=1S/C9H13NO4/c11-8(12)6-1-2-7(5-6)10-3-4-14-9(10)13/h6-7H,1-5H2,(H,11,12). The van der Waals surface area contributed by atoms with Crippen molar-refractivity contribution in [1.29, 1.82) is 0 Å². The predicted octanol–water partition coefficient (Wildman–Crippen LogP) is 0.692. The van der Waals surface area contributed by atoms with Gasteiger partial charge in [0, 0.05) is 6.04 Å². The maximum atomic E-state index is 11.2. The highest BCUT2D eigenvalue weighted by molar-refractivity contribution is 5.72. The van der Waals surface area contributed by atoms with Crippen molar-refractivity contribution in [3.8, 4) is 0 Å². The molecule has 1 amide bonds. The van der Waals surface area contributed by atoms with Gasteiger partial charge in [-0.1, -0.05) is 0 Å². The Hall–Kier alpha value is -1.26. The molecule has 2 fully saturated rings. The summed E-state index contributed by atoms with van der Waals surface area (Å²) in [5.74, 6) is -1.03. The lowest BCUT2D eigenvalue weighted by Crippen LogP contribution is -2.34. The predicted molar refractivity (Wildman–Crippen MR) is 46.8 cm³/mol. The Balaban J connectivity index is 1.95. The fourth-order valence-corrected chi connectivity index (χ4v) is 2.20. The molecule has 1 heterocycles. The fourth-order valence-electron chi connectivity index (χ4n) is 2.20. The summed E-state index contributed by atoms with van der Waals surface area (Å²) in [6.07, 6.45) is 1.74. The summed E-state index contributed by atoms with van der Waals surface area (Å²) < 4.78 is 4.81. The normalized spacial score (nSPS) is 32.0. The van der Waals surface area contributed by atoms with Gasteiger partial charge in [-0.25, -0.2) is 4.79 Å². The lowest BCUT2D eigenvalue weighted by atomic mass is 10.1. The lowest BCUT2D eigenvalue weighted by Gasteiger charge is -2.20. The molecule has 0 spiro atoms. The smallest absolute Gasteiger partial charge is 0.410 e. The van der Waals surface area contributed by atoms with Crippen LogP contribution in [0.4, 0.5) is 4.79 Å². The number of nitrogens with zero attached hydrogens (tertiary/aromatic N) is 1. The molecule has 2 rings (SSSR count). The number of carboxylic acids is 1. The van der Waals surface area contributed by atoms with Crippen LogP contribution >= 0.6 is 0 Å². The van der Waals surface area contributed by atoms with Gasteiger partial charge in [0.15, 0.2) is 0 Å². The summed E-state index contributed by atoms with van der Waals surface area (Å²) in [5.41, 5.74) is 0. The van der Waals surface area contributed by atoms with Crippen molar-refractivity contribution in [1.82, 2.24) is 4.90 Å². The molecule has 78 valence electrons. The SMILES string of the molecule is O=C(O)C1CCC(N2CCOC2=O)C1. The van der Waals surface area contributed by atoms with E-state index in [2.05, 4.69) is 0 Å². The van der Waals surface area contributed by atoms with E-state index in [0.29, 0.717) is 26.0 Å². The molecule has 2 unspecified atom stereocenters. The van der Waals surface area contributed by atoms with Gasteiger partial charge in [-0.05, 0) is 19.3 Å². The van der Waals surface area contributed by atoms with Crippen molar-refractivity contribution in [2.75, 3.05) is 13.2 Å². The molecule has 1 aliphatic heterocycles. The minimum absolute atomic E-state index is 0.0751. The minimum atomic E-state index is -0.750. The van der Waals surface area contributed by atoms with E-state index in [1.807, 2.05) is 0 Å². The van der Waals surface area contributed by atoms with E-state index in [1.54, 1.807) is 4.90 Å². The van der Waals surface area contributed by atoms with Gasteiger partial charge in [-0.2, -0.15) is 0 Å². The number of rotatable bonds is 2. The third kappa shape index (κ3) is 1.54. The molecule has 1 aliphatic carbocycles. The van der Waals surface area contributed by atoms with Crippen LogP contribution in [0, 0.1) is 5.92 Å². The molecule has 14 heavy (non-hydrogen) atoms. The van der Waals surface area contributed by atoms with Crippen LogP contribution in [-0.2, 0) is 9.53 Å². The van der Waals surface area contributed by atoms with Gasteiger partial charge >= 0.3 is 12.1 Å². The summed E-state index contributed by atoms with van der Waals surface area (Å²) in [7, 11) is 0. The first-order chi connectivity index (χ1) is 6.68. The number of hydrogen-bond acceptors (Lipinski definition) is 3. The molecule has 0 aromatic rings. The van der Waals surface area contributed by atoms with Crippen molar-refractivity contribution >= 4 is 12.1 Å². The molecular weight excluding hydrogens is 186 g/mol. The van der Waals surface area contributed by atoms with Gasteiger partial charge in [0.2, 0.25) is 0 Å². The van der Waals surface area contributed by atoms with Crippen LogP contribution in [0.3, 0.4) is 0 Å². The van der Waals surface area contributed by atoms with E-state index in [-0.39, 0.29) is 18.1 Å². The molecule has 2 atom stereocenters. The van der Waals surface area contributed by atoms with Gasteiger partial charge in [-0.3, -0.25) is 4.79 Å². The summed E-state index contributed by atoms with van der Waals surface area (Å²) >= 11 is 0. The molecule has 0 bridgehead atoms. The van der Waals surface area contributed by atoms with Gasteiger partial charge < -0.3 is 14.7 Å². The molecule has 5 heteroatoms. The number of carboxylic acid groups (broad SMARTS) is 1. The molecule has 1 N–H and O–H groups in total. The fraction of sp³-hybridized carbons (Fsp3) is 0.778. The molecule has 1 saturated heterocycles. The van der Waals surface area contributed by atoms with Gasteiger partial charge in [0.1, 0.15) is 6.61 Å². The van der Waals surface area contributed by atoms with Crippen molar-refractivity contribution in [3.63, 3.8) is 0 Å². The van der Waals surface area contributed by atoms with Crippen molar-refractivity contribution < 1.29 is 19.4 Å². The van der Waals surface area contributed by atoms with E-state index in [0.717, 1.165) is 6.42 Å². The second kappa shape index (κ2) is 3.48. The van der Waals surface area contributed by atoms with Crippen LogP contribution in [0.5, 0.6) is 0 Å². The Morgan fingerprint density at radius 1 is 1.50 bits per heavy atom. The highest BCUT2D eigenvalue weighted by Crippen LogP contribution is 2.30. The van der Waals surface area contributed by atoms with Crippen molar-refractivity contribution in [2.45, 2.75) is 25.3 Å². The van der Waals surface area contributed by atoms with Gasteiger partial charge in [-0.15, -0.1) is 0 Å². The molecule has 0 aromatic carbocycles. The first-order valence-electron chi connectivity index (χ1n) is 4.84. The Morgan fingerprint density at radius 2 is 2.29 bits per heavy atom. The maximum Gasteiger partial charge on any atom is 0.410 e. The first kappa shape index (κ1) is 9.30. The van der Waals surface area contributed by atoms with Crippen LogP contribution in [-0.4, -0.2) is 41.3 Å². The Kier molecular flexibility index (Phi) is 2.31. The topological polar surface area (TPSA) is 66.8 Å². The van der Waals surface area contributed by atoms with Crippen molar-refractivity contribution in [2.24, 2.45) is 5.92 Å². The highest BCUT2D eigenvalue weighted by atomic mass is 16.6. The second-order valence-corrected chi connectivity index (χ2v) is 3.81. The average Bonchev–Trinajstić information content (AvgIpc) is 2.71. The number of ether oxygens (including phenoxy) is 1. The minimum Gasteiger partial charge on any atom is -0.481 e. The Morgan fingerprint density at radius 3 is 2.79 bits per heavy atom. The number of carbonyl (C=O) groups is 2. The van der Waals surface area contributed by atoms with Crippen molar-refractivity contribution in [3.05, 3.63) is 0 Å². The third-order valence-electron chi connectivity index (χ3n) is 2.99.